The van der Waals surface area contributed by atoms with Gasteiger partial charge in [0.25, 0.3) is 5.91 Å². The summed E-state index contributed by atoms with van der Waals surface area (Å²) in [6, 6.07) is 10.1. The fraction of sp³-hybridized carbons (Fsp3) is 0.593. The first-order valence-electron chi connectivity index (χ1n) is 12.3. The zero-order valence-corrected chi connectivity index (χ0v) is 19.5. The molecule has 0 spiro atoms. The van der Waals surface area contributed by atoms with Crippen molar-refractivity contribution in [3.05, 3.63) is 47.4 Å². The number of nitrogens with zero attached hydrogens (tertiary/aromatic N) is 1. The summed E-state index contributed by atoms with van der Waals surface area (Å²) in [4.78, 5) is 15.5. The Morgan fingerprint density at radius 3 is 2.56 bits per heavy atom. The predicted molar refractivity (Wildman–Crippen MR) is 128 cm³/mol. The van der Waals surface area contributed by atoms with Gasteiger partial charge in [0, 0.05) is 32.2 Å². The quantitative estimate of drug-likeness (QED) is 0.591. The first-order valence-corrected chi connectivity index (χ1v) is 12.3. The standard InChI is InChI=1S/C27H36N2O3/c1-19-3-6-23(29-13-11-27(2,12-14-29)18-20-4-5-20)22(17-19)28-26(30)25-8-7-24(32-25)21-9-15-31-16-10-21/h3,6-8,17,20-21H,4-5,9-16,18H2,1-2H3,(H,28,30). The summed E-state index contributed by atoms with van der Waals surface area (Å²) in [5, 5.41) is 3.15. The summed E-state index contributed by atoms with van der Waals surface area (Å²) >= 11 is 0. The van der Waals surface area contributed by atoms with E-state index in [4.69, 9.17) is 9.15 Å². The van der Waals surface area contributed by atoms with Crippen molar-refractivity contribution in [3.8, 4) is 0 Å². The van der Waals surface area contributed by atoms with Crippen LogP contribution in [0.5, 0.6) is 0 Å². The average molecular weight is 437 g/mol. The van der Waals surface area contributed by atoms with Crippen molar-refractivity contribution in [2.45, 2.75) is 64.7 Å². The number of anilines is 2. The van der Waals surface area contributed by atoms with Crippen molar-refractivity contribution >= 4 is 17.3 Å². The molecule has 1 aliphatic carbocycles. The second kappa shape index (κ2) is 8.93. The van der Waals surface area contributed by atoms with Crippen molar-refractivity contribution in [3.63, 3.8) is 0 Å². The summed E-state index contributed by atoms with van der Waals surface area (Å²) in [5.41, 5.74) is 3.61. The number of furan rings is 1. The third kappa shape index (κ3) is 4.88. The zero-order chi connectivity index (χ0) is 22.1. The van der Waals surface area contributed by atoms with Gasteiger partial charge in [0.1, 0.15) is 5.76 Å². The maximum atomic E-state index is 13.0. The van der Waals surface area contributed by atoms with Crippen molar-refractivity contribution in [2.24, 2.45) is 11.3 Å². The van der Waals surface area contributed by atoms with Gasteiger partial charge in [-0.05, 0) is 80.2 Å². The maximum absolute atomic E-state index is 13.0. The molecule has 1 amide bonds. The molecule has 5 rings (SSSR count). The molecule has 0 radical (unpaired) electrons. The van der Waals surface area contributed by atoms with Gasteiger partial charge >= 0.3 is 0 Å². The summed E-state index contributed by atoms with van der Waals surface area (Å²) in [6.07, 6.45) is 8.57. The first-order chi connectivity index (χ1) is 15.5. The minimum atomic E-state index is -0.175. The number of amides is 1. The van der Waals surface area contributed by atoms with Crippen molar-refractivity contribution in [2.75, 3.05) is 36.5 Å². The molecule has 32 heavy (non-hydrogen) atoms. The number of hydrogen-bond acceptors (Lipinski definition) is 4. The minimum absolute atomic E-state index is 0.175. The molecule has 3 fully saturated rings. The molecule has 5 heteroatoms. The van der Waals surface area contributed by atoms with Gasteiger partial charge in [-0.15, -0.1) is 0 Å². The van der Waals surface area contributed by atoms with Crippen molar-refractivity contribution in [1.29, 1.82) is 0 Å². The van der Waals surface area contributed by atoms with E-state index in [0.717, 1.165) is 67.8 Å². The highest BCUT2D eigenvalue weighted by molar-refractivity contribution is 6.04. The average Bonchev–Trinajstić information content (AvgIpc) is 3.45. The summed E-state index contributed by atoms with van der Waals surface area (Å²) in [6.45, 7) is 8.14. The number of benzene rings is 1. The molecule has 0 atom stereocenters. The van der Waals surface area contributed by atoms with E-state index in [1.165, 1.54) is 32.1 Å². The molecule has 0 unspecified atom stereocenters. The summed E-state index contributed by atoms with van der Waals surface area (Å²) in [5.74, 6) is 2.42. The highest BCUT2D eigenvalue weighted by Gasteiger charge is 2.36. The smallest absolute Gasteiger partial charge is 0.291 e. The third-order valence-corrected chi connectivity index (χ3v) is 7.66. The summed E-state index contributed by atoms with van der Waals surface area (Å²) in [7, 11) is 0. The van der Waals surface area contributed by atoms with E-state index >= 15 is 0 Å². The Morgan fingerprint density at radius 2 is 1.84 bits per heavy atom. The van der Waals surface area contributed by atoms with Crippen LogP contribution in [-0.4, -0.2) is 32.2 Å². The number of carbonyl (C=O) groups is 1. The Hall–Kier alpha value is -2.27. The van der Waals surface area contributed by atoms with E-state index in [9.17, 15) is 4.79 Å². The largest absolute Gasteiger partial charge is 0.456 e. The van der Waals surface area contributed by atoms with Crippen LogP contribution in [0, 0.1) is 18.3 Å². The van der Waals surface area contributed by atoms with Crippen LogP contribution in [0.1, 0.15) is 79.7 Å². The van der Waals surface area contributed by atoms with E-state index < -0.39 is 0 Å². The lowest BCUT2D eigenvalue weighted by molar-refractivity contribution is 0.0799. The predicted octanol–water partition coefficient (Wildman–Crippen LogP) is 6.14. The molecule has 2 aliphatic heterocycles. The van der Waals surface area contributed by atoms with Gasteiger partial charge < -0.3 is 19.4 Å². The number of rotatable bonds is 6. The molecule has 1 aromatic carbocycles. The molecule has 1 saturated carbocycles. The molecular weight excluding hydrogens is 400 g/mol. The van der Waals surface area contributed by atoms with Crippen LogP contribution in [0.4, 0.5) is 11.4 Å². The number of aryl methyl sites for hydroxylation is 1. The van der Waals surface area contributed by atoms with E-state index in [1.807, 2.05) is 6.07 Å². The SMILES string of the molecule is Cc1ccc(N2CCC(C)(CC3CC3)CC2)c(NC(=O)c2ccc(C3CCOCC3)o2)c1. The van der Waals surface area contributed by atoms with Gasteiger partial charge in [0.05, 0.1) is 11.4 Å². The van der Waals surface area contributed by atoms with Crippen LogP contribution in [0.25, 0.3) is 0 Å². The Kier molecular flexibility index (Phi) is 6.02. The fourth-order valence-corrected chi connectivity index (χ4v) is 5.40. The van der Waals surface area contributed by atoms with Crippen LogP contribution in [0.2, 0.25) is 0 Å². The van der Waals surface area contributed by atoms with Crippen LogP contribution in [0.3, 0.4) is 0 Å². The Morgan fingerprint density at radius 1 is 1.09 bits per heavy atom. The zero-order valence-electron chi connectivity index (χ0n) is 19.5. The summed E-state index contributed by atoms with van der Waals surface area (Å²) < 4.78 is 11.4. The van der Waals surface area contributed by atoms with Crippen LogP contribution in [0.15, 0.2) is 34.7 Å². The molecule has 5 nitrogen and oxygen atoms in total. The van der Waals surface area contributed by atoms with E-state index in [-0.39, 0.29) is 5.91 Å². The topological polar surface area (TPSA) is 54.7 Å². The maximum Gasteiger partial charge on any atom is 0.291 e. The van der Waals surface area contributed by atoms with Crippen LogP contribution >= 0.6 is 0 Å². The number of nitrogens with one attached hydrogen (secondary N) is 1. The fourth-order valence-electron chi connectivity index (χ4n) is 5.40. The molecule has 2 aromatic rings. The molecule has 172 valence electrons. The monoisotopic (exact) mass is 436 g/mol. The third-order valence-electron chi connectivity index (χ3n) is 7.66. The van der Waals surface area contributed by atoms with Gasteiger partial charge in [-0.3, -0.25) is 4.79 Å². The lowest BCUT2D eigenvalue weighted by Crippen LogP contribution is -2.39. The van der Waals surface area contributed by atoms with Gasteiger partial charge in [-0.25, -0.2) is 0 Å². The van der Waals surface area contributed by atoms with Gasteiger partial charge in [-0.2, -0.15) is 0 Å². The van der Waals surface area contributed by atoms with Gasteiger partial charge in [0.2, 0.25) is 0 Å². The molecule has 1 N–H and O–H groups in total. The van der Waals surface area contributed by atoms with E-state index in [0.29, 0.717) is 17.1 Å². The van der Waals surface area contributed by atoms with Crippen molar-refractivity contribution in [1.82, 2.24) is 0 Å². The van der Waals surface area contributed by atoms with Gasteiger partial charge in [0.15, 0.2) is 5.76 Å². The molecule has 3 aliphatic rings. The van der Waals surface area contributed by atoms with Crippen LogP contribution in [-0.2, 0) is 4.74 Å². The second-order valence-electron chi connectivity index (χ2n) is 10.5. The minimum Gasteiger partial charge on any atom is -0.456 e. The van der Waals surface area contributed by atoms with Crippen molar-refractivity contribution < 1.29 is 13.9 Å². The number of ether oxygens (including phenoxy) is 1. The van der Waals surface area contributed by atoms with Crippen LogP contribution < -0.4 is 10.2 Å². The number of carbonyl (C=O) groups excluding carboxylic acids is 1. The van der Waals surface area contributed by atoms with E-state index in [2.05, 4.69) is 42.3 Å². The Labute approximate surface area is 191 Å². The lowest BCUT2D eigenvalue weighted by Gasteiger charge is -2.41. The molecule has 3 heterocycles. The molecule has 0 bridgehead atoms. The Balaban J connectivity index is 1.27. The molecular formula is C27H36N2O3. The highest BCUT2D eigenvalue weighted by Crippen LogP contribution is 2.46. The van der Waals surface area contributed by atoms with Gasteiger partial charge in [-0.1, -0.05) is 25.8 Å². The van der Waals surface area contributed by atoms with E-state index in [1.54, 1.807) is 6.07 Å². The Bertz CT molecular complexity index is 948. The molecule has 2 saturated heterocycles. The highest BCUT2D eigenvalue weighted by atomic mass is 16.5. The normalized spacial score (nSPS) is 21.5. The second-order valence-corrected chi connectivity index (χ2v) is 10.5. The number of hydrogen-bond donors (Lipinski definition) is 1. The molecule has 1 aromatic heterocycles. The first kappa shape index (κ1) is 21.6. The number of piperidine rings is 1. The lowest BCUT2D eigenvalue weighted by atomic mass is 9.76.